The Morgan fingerprint density at radius 1 is 1.64 bits per heavy atom. The maximum atomic E-state index is 11.6. The summed E-state index contributed by atoms with van der Waals surface area (Å²) >= 11 is 5.75. The topological polar surface area (TPSA) is 29.5 Å². The number of hydrogen-bond donors (Lipinski definition) is 0. The van der Waals surface area contributed by atoms with Gasteiger partial charge in [-0.2, -0.15) is 0 Å². The summed E-state index contributed by atoms with van der Waals surface area (Å²) < 4.78 is 5.17. The van der Waals surface area contributed by atoms with E-state index in [4.69, 9.17) is 16.3 Å². The summed E-state index contributed by atoms with van der Waals surface area (Å²) in [7, 11) is 0. The van der Waals surface area contributed by atoms with Crippen LogP contribution in [0.2, 0.25) is 0 Å². The van der Waals surface area contributed by atoms with E-state index in [0.29, 0.717) is 18.2 Å². The molecule has 0 spiro atoms. The number of carbonyl (C=O) groups excluding carboxylic acids is 1. The number of halogens is 1. The highest BCUT2D eigenvalue weighted by atomic mass is 35.5. The predicted octanol–water partition coefficient (Wildman–Crippen LogP) is 1.11. The molecule has 3 nitrogen and oxygen atoms in total. The van der Waals surface area contributed by atoms with Crippen LogP contribution in [0.4, 0.5) is 0 Å². The van der Waals surface area contributed by atoms with E-state index in [0.717, 1.165) is 26.3 Å². The third kappa shape index (κ3) is 1.89. The smallest absolute Gasteiger partial charge is 0.222 e. The van der Waals surface area contributed by atoms with Gasteiger partial charge in [0.25, 0.3) is 0 Å². The number of nitrogens with zero attached hydrogens (tertiary/aromatic N) is 1. The lowest BCUT2D eigenvalue weighted by Crippen LogP contribution is -2.49. The summed E-state index contributed by atoms with van der Waals surface area (Å²) in [6.45, 7) is 5.39. The van der Waals surface area contributed by atoms with Gasteiger partial charge in [0.05, 0.1) is 13.2 Å². The van der Waals surface area contributed by atoms with Crippen molar-refractivity contribution in [3.63, 3.8) is 0 Å². The largest absolute Gasteiger partial charge is 0.380 e. The van der Waals surface area contributed by atoms with Gasteiger partial charge in [0.2, 0.25) is 5.91 Å². The Kier molecular flexibility index (Phi) is 2.71. The maximum Gasteiger partial charge on any atom is 0.222 e. The Morgan fingerprint density at radius 3 is 2.79 bits per heavy atom. The molecule has 0 aliphatic carbocycles. The summed E-state index contributed by atoms with van der Waals surface area (Å²) in [4.78, 5) is 13.5. The zero-order valence-electron chi connectivity index (χ0n) is 8.46. The Balaban J connectivity index is 1.89. The van der Waals surface area contributed by atoms with Gasteiger partial charge in [-0.1, -0.05) is 6.92 Å². The summed E-state index contributed by atoms with van der Waals surface area (Å²) in [5, 5.41) is 0. The minimum atomic E-state index is 0.191. The fraction of sp³-hybridized carbons (Fsp3) is 0.900. The second kappa shape index (κ2) is 3.70. The first-order valence-electron chi connectivity index (χ1n) is 5.04. The van der Waals surface area contributed by atoms with Crippen LogP contribution < -0.4 is 0 Å². The molecule has 80 valence electrons. The maximum absolute atomic E-state index is 11.6. The third-order valence-corrected chi connectivity index (χ3v) is 3.42. The molecule has 0 aromatic rings. The van der Waals surface area contributed by atoms with E-state index in [1.165, 1.54) is 0 Å². The van der Waals surface area contributed by atoms with Crippen molar-refractivity contribution in [2.45, 2.75) is 13.3 Å². The molecule has 14 heavy (non-hydrogen) atoms. The molecule has 1 unspecified atom stereocenters. The molecular weight excluding hydrogens is 202 g/mol. The van der Waals surface area contributed by atoms with Gasteiger partial charge in [0.15, 0.2) is 0 Å². The number of amides is 1. The van der Waals surface area contributed by atoms with Gasteiger partial charge >= 0.3 is 0 Å². The van der Waals surface area contributed by atoms with E-state index in [-0.39, 0.29) is 11.3 Å². The van der Waals surface area contributed by atoms with Gasteiger partial charge in [-0.3, -0.25) is 4.79 Å². The molecule has 1 amide bonds. The number of likely N-dealkylation sites (tertiary alicyclic amines) is 1. The summed E-state index contributed by atoms with van der Waals surface area (Å²) in [5.41, 5.74) is 0.191. The van der Waals surface area contributed by atoms with Crippen LogP contribution in [0.15, 0.2) is 0 Å². The second-order valence-electron chi connectivity index (χ2n) is 4.80. The Hall–Kier alpha value is -0.280. The first-order chi connectivity index (χ1) is 6.63. The van der Waals surface area contributed by atoms with Gasteiger partial charge in [-0.05, 0) is 5.92 Å². The quantitative estimate of drug-likeness (QED) is 0.663. The van der Waals surface area contributed by atoms with Crippen molar-refractivity contribution in [3.8, 4) is 0 Å². The van der Waals surface area contributed by atoms with Crippen molar-refractivity contribution in [3.05, 3.63) is 0 Å². The highest BCUT2D eigenvalue weighted by Gasteiger charge is 2.39. The minimum Gasteiger partial charge on any atom is -0.380 e. The van der Waals surface area contributed by atoms with Crippen LogP contribution in [0.25, 0.3) is 0 Å². The molecule has 0 bridgehead atoms. The first kappa shape index (κ1) is 10.2. The van der Waals surface area contributed by atoms with Gasteiger partial charge in [0.1, 0.15) is 0 Å². The number of carbonyl (C=O) groups is 1. The van der Waals surface area contributed by atoms with Gasteiger partial charge in [-0.15, -0.1) is 11.6 Å². The van der Waals surface area contributed by atoms with Crippen molar-refractivity contribution in [2.24, 2.45) is 11.3 Å². The molecule has 2 aliphatic rings. The summed E-state index contributed by atoms with van der Waals surface area (Å²) in [6.07, 6.45) is 0.625. The van der Waals surface area contributed by atoms with Crippen LogP contribution >= 0.6 is 11.6 Å². The van der Waals surface area contributed by atoms with Gasteiger partial charge in [-0.25, -0.2) is 0 Å². The number of alkyl halides is 1. The molecule has 0 aromatic carbocycles. The second-order valence-corrected chi connectivity index (χ2v) is 5.11. The summed E-state index contributed by atoms with van der Waals surface area (Å²) in [5.74, 6) is 1.20. The zero-order valence-corrected chi connectivity index (χ0v) is 9.22. The van der Waals surface area contributed by atoms with Crippen LogP contribution in [0.3, 0.4) is 0 Å². The van der Waals surface area contributed by atoms with E-state index >= 15 is 0 Å². The van der Waals surface area contributed by atoms with Crippen molar-refractivity contribution >= 4 is 17.5 Å². The molecule has 2 fully saturated rings. The van der Waals surface area contributed by atoms with E-state index in [2.05, 4.69) is 6.92 Å². The highest BCUT2D eigenvalue weighted by Crippen LogP contribution is 2.30. The highest BCUT2D eigenvalue weighted by molar-refractivity contribution is 6.18. The Labute approximate surface area is 89.4 Å². The molecule has 0 N–H and O–H groups in total. The number of hydrogen-bond acceptors (Lipinski definition) is 2. The Bertz CT molecular complexity index is 240. The molecule has 0 radical (unpaired) electrons. The van der Waals surface area contributed by atoms with Gasteiger partial charge < -0.3 is 9.64 Å². The summed E-state index contributed by atoms with van der Waals surface area (Å²) in [6, 6.07) is 0. The normalized spacial score (nSPS) is 30.6. The van der Waals surface area contributed by atoms with Crippen LogP contribution in [0, 0.1) is 11.3 Å². The number of ether oxygens (including phenoxy) is 1. The lowest BCUT2D eigenvalue weighted by molar-refractivity contribution is -0.140. The van der Waals surface area contributed by atoms with E-state index < -0.39 is 0 Å². The van der Waals surface area contributed by atoms with E-state index in [9.17, 15) is 4.79 Å². The fourth-order valence-electron chi connectivity index (χ4n) is 2.11. The SMILES string of the molecule is CC1(CN2CC(CCl)CC2=O)COC1. The van der Waals surface area contributed by atoms with Crippen molar-refractivity contribution < 1.29 is 9.53 Å². The number of rotatable bonds is 3. The monoisotopic (exact) mass is 217 g/mol. The molecule has 4 heteroatoms. The molecule has 0 aromatic heterocycles. The third-order valence-electron chi connectivity index (χ3n) is 2.99. The molecule has 2 aliphatic heterocycles. The average Bonchev–Trinajstić information content (AvgIpc) is 2.45. The Morgan fingerprint density at radius 2 is 2.36 bits per heavy atom. The van der Waals surface area contributed by atoms with Crippen molar-refractivity contribution in [1.82, 2.24) is 4.90 Å². The molecule has 1 atom stereocenters. The van der Waals surface area contributed by atoms with E-state index in [1.54, 1.807) is 0 Å². The molecule has 2 saturated heterocycles. The first-order valence-corrected chi connectivity index (χ1v) is 5.58. The lowest BCUT2D eigenvalue weighted by Gasteiger charge is -2.40. The van der Waals surface area contributed by atoms with Crippen LogP contribution in [-0.2, 0) is 9.53 Å². The van der Waals surface area contributed by atoms with Crippen LogP contribution in [0.5, 0.6) is 0 Å². The predicted molar refractivity (Wildman–Crippen MR) is 54.3 cm³/mol. The van der Waals surface area contributed by atoms with E-state index in [1.807, 2.05) is 4.90 Å². The molecule has 2 rings (SSSR count). The fourth-order valence-corrected chi connectivity index (χ4v) is 2.32. The van der Waals surface area contributed by atoms with Crippen molar-refractivity contribution in [1.29, 1.82) is 0 Å². The molecular formula is C10H16ClNO2. The zero-order chi connectivity index (χ0) is 10.2. The standard InChI is InChI=1S/C10H16ClNO2/c1-10(6-14-7-10)5-12-4-8(3-11)2-9(12)13/h8H,2-7H2,1H3. The van der Waals surface area contributed by atoms with Crippen molar-refractivity contribution in [2.75, 3.05) is 32.2 Å². The van der Waals surface area contributed by atoms with Gasteiger partial charge in [0, 0.05) is 30.8 Å². The molecule has 0 saturated carbocycles. The van der Waals surface area contributed by atoms with Crippen LogP contribution in [0.1, 0.15) is 13.3 Å². The molecule has 2 heterocycles. The lowest BCUT2D eigenvalue weighted by atomic mass is 9.88. The van der Waals surface area contributed by atoms with Crippen LogP contribution in [-0.4, -0.2) is 43.0 Å². The minimum absolute atomic E-state index is 0.191. The average molecular weight is 218 g/mol.